The Morgan fingerprint density at radius 1 is 0.971 bits per heavy atom. The van der Waals surface area contributed by atoms with Crippen LogP contribution < -0.4 is 4.90 Å². The normalized spacial score (nSPS) is 14.1. The molecule has 2 aromatic rings. The lowest BCUT2D eigenvalue weighted by Crippen LogP contribution is -2.22. The summed E-state index contributed by atoms with van der Waals surface area (Å²) in [5.74, 6) is 0. The van der Waals surface area contributed by atoms with Crippen molar-refractivity contribution < 1.29 is 0 Å². The molecule has 0 amide bonds. The smallest absolute Gasteiger partial charge is 0.0432 e. The molecule has 0 atom stereocenters. The van der Waals surface area contributed by atoms with Gasteiger partial charge in [0.1, 0.15) is 0 Å². The predicted molar refractivity (Wildman–Crippen MR) is 153 cm³/mol. The second-order valence-corrected chi connectivity index (χ2v) is 10.2. The maximum atomic E-state index is 2.52. The van der Waals surface area contributed by atoms with Crippen LogP contribution in [0, 0.1) is 13.8 Å². The van der Waals surface area contributed by atoms with Gasteiger partial charge in [0, 0.05) is 19.3 Å². The van der Waals surface area contributed by atoms with Crippen molar-refractivity contribution in [2.75, 3.05) is 18.5 Å². The zero-order chi connectivity index (χ0) is 24.7. The zero-order valence-electron chi connectivity index (χ0n) is 22.7. The summed E-state index contributed by atoms with van der Waals surface area (Å²) in [5, 5.41) is 0. The van der Waals surface area contributed by atoms with Crippen LogP contribution in [0.25, 0.3) is 11.6 Å². The van der Waals surface area contributed by atoms with Crippen LogP contribution in [0.4, 0.5) is 5.69 Å². The number of rotatable bonds is 10. The van der Waals surface area contributed by atoms with Crippen molar-refractivity contribution >= 4 is 17.3 Å². The van der Waals surface area contributed by atoms with Crippen LogP contribution in [0.15, 0.2) is 53.6 Å². The first-order chi connectivity index (χ1) is 16.4. The van der Waals surface area contributed by atoms with E-state index in [4.69, 9.17) is 0 Å². The van der Waals surface area contributed by atoms with E-state index >= 15 is 0 Å². The van der Waals surface area contributed by atoms with E-state index in [1.165, 1.54) is 68.6 Å². The molecule has 0 saturated carbocycles. The van der Waals surface area contributed by atoms with Crippen molar-refractivity contribution in [1.82, 2.24) is 0 Å². The van der Waals surface area contributed by atoms with Gasteiger partial charge in [0.15, 0.2) is 0 Å². The number of nitrogens with zero attached hydrogens (tertiary/aromatic N) is 1. The van der Waals surface area contributed by atoms with E-state index in [1.54, 1.807) is 0 Å². The van der Waals surface area contributed by atoms with Gasteiger partial charge in [-0.2, -0.15) is 0 Å². The maximum Gasteiger partial charge on any atom is 0.0432 e. The van der Waals surface area contributed by atoms with E-state index in [2.05, 4.69) is 102 Å². The fourth-order valence-corrected chi connectivity index (χ4v) is 5.58. The van der Waals surface area contributed by atoms with Gasteiger partial charge in [-0.05, 0) is 112 Å². The fraction of sp³-hybridized carbons (Fsp3) is 0.455. The molecule has 0 radical (unpaired) electrons. The summed E-state index contributed by atoms with van der Waals surface area (Å²) >= 11 is 0. The van der Waals surface area contributed by atoms with Gasteiger partial charge in [0.2, 0.25) is 0 Å². The van der Waals surface area contributed by atoms with Gasteiger partial charge in [-0.3, -0.25) is 0 Å². The number of benzene rings is 2. The molecule has 34 heavy (non-hydrogen) atoms. The molecule has 0 bridgehead atoms. The first-order valence-electron chi connectivity index (χ1n) is 13.3. The summed E-state index contributed by atoms with van der Waals surface area (Å²) in [6.07, 6.45) is 15.3. The van der Waals surface area contributed by atoms with Gasteiger partial charge in [-0.15, -0.1) is 0 Å². The van der Waals surface area contributed by atoms with E-state index in [-0.39, 0.29) is 0 Å². The van der Waals surface area contributed by atoms with Crippen molar-refractivity contribution in [3.8, 4) is 0 Å². The molecule has 0 N–H and O–H groups in total. The van der Waals surface area contributed by atoms with Crippen LogP contribution in [-0.4, -0.2) is 13.6 Å². The van der Waals surface area contributed by atoms with Gasteiger partial charge in [0.05, 0.1) is 0 Å². The maximum absolute atomic E-state index is 2.52. The van der Waals surface area contributed by atoms with E-state index in [0.29, 0.717) is 0 Å². The SMILES string of the molecule is CCCN(C)c1c(C)c(/C=C(\C)CCCc2ccccc2)c(C2=CC=C(C)CC2)c(CC)c1C. The topological polar surface area (TPSA) is 3.24 Å². The lowest BCUT2D eigenvalue weighted by molar-refractivity contribution is 0.815. The highest BCUT2D eigenvalue weighted by atomic mass is 15.1. The molecule has 182 valence electrons. The number of aryl methyl sites for hydroxylation is 1. The molecule has 0 saturated heterocycles. The fourth-order valence-electron chi connectivity index (χ4n) is 5.58. The summed E-state index contributed by atoms with van der Waals surface area (Å²) in [5.41, 5.74) is 14.8. The average molecular weight is 456 g/mol. The van der Waals surface area contributed by atoms with Crippen LogP contribution in [0.1, 0.15) is 93.2 Å². The summed E-state index contributed by atoms with van der Waals surface area (Å²) in [6.45, 7) is 15.0. The molecule has 0 aromatic heterocycles. The van der Waals surface area contributed by atoms with Crippen LogP contribution >= 0.6 is 0 Å². The molecular weight excluding hydrogens is 410 g/mol. The van der Waals surface area contributed by atoms with Crippen LogP contribution in [0.5, 0.6) is 0 Å². The van der Waals surface area contributed by atoms with E-state index < -0.39 is 0 Å². The van der Waals surface area contributed by atoms with E-state index in [1.807, 2.05) is 0 Å². The van der Waals surface area contributed by atoms with Gasteiger partial charge >= 0.3 is 0 Å². The van der Waals surface area contributed by atoms with Crippen molar-refractivity contribution in [3.05, 3.63) is 87.0 Å². The number of hydrogen-bond donors (Lipinski definition) is 0. The standard InChI is InChI=1S/C33H45N/c1-8-22-34(7)33-26(5)30(9-2)32(29-20-18-24(3)19-21-29)31(27(33)6)23-25(4)14-13-17-28-15-11-10-12-16-28/h10-12,15-16,18,20,23H,8-9,13-14,17,19,21-22H2,1-7H3/b25-23+. The minimum Gasteiger partial charge on any atom is -0.374 e. The molecule has 3 rings (SSSR count). The van der Waals surface area contributed by atoms with Crippen LogP contribution in [0.3, 0.4) is 0 Å². The third-order valence-corrected chi connectivity index (χ3v) is 7.38. The highest BCUT2D eigenvalue weighted by Gasteiger charge is 2.22. The lowest BCUT2D eigenvalue weighted by atomic mass is 9.81. The van der Waals surface area contributed by atoms with Crippen molar-refractivity contribution in [2.45, 2.75) is 86.5 Å². The molecule has 2 aromatic carbocycles. The molecule has 0 heterocycles. The summed E-state index contributed by atoms with van der Waals surface area (Å²) in [7, 11) is 2.27. The Labute approximate surface area is 209 Å². The van der Waals surface area contributed by atoms with Gasteiger partial charge in [0.25, 0.3) is 0 Å². The summed E-state index contributed by atoms with van der Waals surface area (Å²) in [4.78, 5) is 2.48. The molecular formula is C33H45N. The molecule has 0 unspecified atom stereocenters. The highest BCUT2D eigenvalue weighted by Crippen LogP contribution is 2.41. The third kappa shape index (κ3) is 6.12. The molecule has 0 spiro atoms. The van der Waals surface area contributed by atoms with Gasteiger partial charge in [-0.1, -0.05) is 73.6 Å². The number of hydrogen-bond acceptors (Lipinski definition) is 1. The predicted octanol–water partition coefficient (Wildman–Crippen LogP) is 9.26. The summed E-state index contributed by atoms with van der Waals surface area (Å²) < 4.78 is 0. The second kappa shape index (κ2) is 12.2. The Morgan fingerprint density at radius 2 is 1.71 bits per heavy atom. The molecule has 0 aliphatic heterocycles. The molecule has 0 fully saturated rings. The van der Waals surface area contributed by atoms with E-state index in [9.17, 15) is 0 Å². The molecule has 1 nitrogen and oxygen atoms in total. The lowest BCUT2D eigenvalue weighted by Gasteiger charge is -2.30. The Kier molecular flexibility index (Phi) is 9.39. The highest BCUT2D eigenvalue weighted by molar-refractivity contribution is 5.85. The molecule has 1 heteroatoms. The molecule has 1 aliphatic rings. The zero-order valence-corrected chi connectivity index (χ0v) is 22.7. The Balaban J connectivity index is 2.06. The third-order valence-electron chi connectivity index (χ3n) is 7.38. The van der Waals surface area contributed by atoms with Gasteiger partial charge < -0.3 is 4.90 Å². The first-order valence-corrected chi connectivity index (χ1v) is 13.3. The minimum atomic E-state index is 1.07. The van der Waals surface area contributed by atoms with E-state index in [0.717, 1.165) is 38.6 Å². The Hall–Kier alpha value is -2.54. The van der Waals surface area contributed by atoms with Crippen molar-refractivity contribution in [2.24, 2.45) is 0 Å². The quantitative estimate of drug-likeness (QED) is 0.345. The monoisotopic (exact) mass is 455 g/mol. The second-order valence-electron chi connectivity index (χ2n) is 10.2. The van der Waals surface area contributed by atoms with Crippen molar-refractivity contribution in [1.29, 1.82) is 0 Å². The van der Waals surface area contributed by atoms with Crippen LogP contribution in [0.2, 0.25) is 0 Å². The largest absolute Gasteiger partial charge is 0.374 e. The summed E-state index contributed by atoms with van der Waals surface area (Å²) in [6, 6.07) is 10.9. The number of allylic oxidation sites excluding steroid dienone is 5. The molecule has 1 aliphatic carbocycles. The average Bonchev–Trinajstić information content (AvgIpc) is 2.82. The Morgan fingerprint density at radius 3 is 2.32 bits per heavy atom. The Bertz CT molecular complexity index is 1070. The van der Waals surface area contributed by atoms with Gasteiger partial charge in [-0.25, -0.2) is 0 Å². The van der Waals surface area contributed by atoms with Crippen LogP contribution in [-0.2, 0) is 12.8 Å². The number of anilines is 1. The minimum absolute atomic E-state index is 1.07. The first kappa shape index (κ1) is 26.1. The van der Waals surface area contributed by atoms with Crippen molar-refractivity contribution in [3.63, 3.8) is 0 Å².